The number of nitrogens with zero attached hydrogens (tertiary/aromatic N) is 1. The van der Waals surface area contributed by atoms with Crippen molar-refractivity contribution in [3.63, 3.8) is 0 Å². The third-order valence-electron chi connectivity index (χ3n) is 5.81. The molecule has 2 aliphatic rings. The molecule has 6 nitrogen and oxygen atoms in total. The van der Waals surface area contributed by atoms with Gasteiger partial charge in [0.25, 0.3) is 5.91 Å². The standard InChI is InChI=1S/C22H23ClN4O2/c1-12-8-15(2-5-24-12)27-22(28)19-10-13-9-14(23)11-18(20(13)29-19)16-3-6-25-21-17(16)4-7-26-21/h3-4,6-7,9,11-12,15,19,24H,2,5,8,10H2,1H3,(H,25,26)(H,27,28)/t12-,15-,19+/m1/s1. The summed E-state index contributed by atoms with van der Waals surface area (Å²) in [6.45, 7) is 3.07. The molecule has 3 N–H and O–H groups in total. The lowest BCUT2D eigenvalue weighted by Gasteiger charge is -2.29. The van der Waals surface area contributed by atoms with E-state index in [0.717, 1.165) is 52.9 Å². The number of ether oxygens (including phenoxy) is 1. The Kier molecular flexibility index (Phi) is 4.68. The van der Waals surface area contributed by atoms with Gasteiger partial charge in [-0.1, -0.05) is 11.6 Å². The van der Waals surface area contributed by atoms with E-state index in [9.17, 15) is 4.79 Å². The Morgan fingerprint density at radius 3 is 3.07 bits per heavy atom. The van der Waals surface area contributed by atoms with Gasteiger partial charge in [0.05, 0.1) is 0 Å². The summed E-state index contributed by atoms with van der Waals surface area (Å²) >= 11 is 6.42. The zero-order valence-electron chi connectivity index (χ0n) is 16.2. The Balaban J connectivity index is 1.43. The monoisotopic (exact) mass is 410 g/mol. The van der Waals surface area contributed by atoms with E-state index in [1.165, 1.54) is 0 Å². The summed E-state index contributed by atoms with van der Waals surface area (Å²) in [6, 6.07) is 8.34. The molecule has 3 aromatic rings. The number of aromatic amines is 1. The van der Waals surface area contributed by atoms with E-state index >= 15 is 0 Å². The minimum Gasteiger partial charge on any atom is -0.479 e. The number of amides is 1. The van der Waals surface area contributed by atoms with E-state index in [1.54, 1.807) is 6.20 Å². The third kappa shape index (κ3) is 3.47. The molecule has 3 atom stereocenters. The molecule has 150 valence electrons. The summed E-state index contributed by atoms with van der Waals surface area (Å²) in [4.78, 5) is 20.4. The van der Waals surface area contributed by atoms with E-state index in [2.05, 4.69) is 27.5 Å². The Morgan fingerprint density at radius 2 is 2.21 bits per heavy atom. The van der Waals surface area contributed by atoms with E-state index in [1.807, 2.05) is 30.5 Å². The summed E-state index contributed by atoms with van der Waals surface area (Å²) in [5.74, 6) is 0.686. The number of carbonyl (C=O) groups is 1. The highest BCUT2D eigenvalue weighted by atomic mass is 35.5. The number of H-pyrrole nitrogens is 1. The van der Waals surface area contributed by atoms with E-state index in [4.69, 9.17) is 16.3 Å². The van der Waals surface area contributed by atoms with Crippen LogP contribution in [0.25, 0.3) is 22.2 Å². The molecule has 0 aliphatic carbocycles. The van der Waals surface area contributed by atoms with Crippen molar-refractivity contribution in [2.24, 2.45) is 0 Å². The highest BCUT2D eigenvalue weighted by Crippen LogP contribution is 2.43. The Hall–Kier alpha value is -2.57. The van der Waals surface area contributed by atoms with Gasteiger partial charge in [-0.2, -0.15) is 0 Å². The zero-order valence-corrected chi connectivity index (χ0v) is 16.9. The quantitative estimate of drug-likeness (QED) is 0.618. The first-order valence-electron chi connectivity index (χ1n) is 10.0. The number of piperidine rings is 1. The van der Waals surface area contributed by atoms with Crippen LogP contribution in [0.4, 0.5) is 0 Å². The summed E-state index contributed by atoms with van der Waals surface area (Å²) in [5, 5.41) is 8.21. The van der Waals surface area contributed by atoms with Gasteiger partial charge in [0.1, 0.15) is 11.4 Å². The summed E-state index contributed by atoms with van der Waals surface area (Å²) in [7, 11) is 0. The number of pyridine rings is 1. The van der Waals surface area contributed by atoms with Crippen LogP contribution >= 0.6 is 11.6 Å². The third-order valence-corrected chi connectivity index (χ3v) is 6.03. The minimum atomic E-state index is -0.532. The molecule has 5 rings (SSSR count). The van der Waals surface area contributed by atoms with Crippen molar-refractivity contribution in [2.45, 2.75) is 44.4 Å². The number of fused-ring (bicyclic) bond motifs is 2. The maximum atomic E-state index is 12.9. The second-order valence-electron chi connectivity index (χ2n) is 7.94. The van der Waals surface area contributed by atoms with Gasteiger partial charge in [-0.05, 0) is 56.1 Å². The van der Waals surface area contributed by atoms with Crippen LogP contribution in [0.2, 0.25) is 5.02 Å². The number of carbonyl (C=O) groups excluding carboxylic acids is 1. The molecule has 29 heavy (non-hydrogen) atoms. The molecule has 1 fully saturated rings. The van der Waals surface area contributed by atoms with Gasteiger partial charge in [0, 0.05) is 52.4 Å². The number of benzene rings is 1. The maximum Gasteiger partial charge on any atom is 0.261 e. The van der Waals surface area contributed by atoms with Crippen LogP contribution in [-0.4, -0.2) is 40.6 Å². The van der Waals surface area contributed by atoms with E-state index in [-0.39, 0.29) is 11.9 Å². The fraction of sp³-hybridized carbons (Fsp3) is 0.364. The van der Waals surface area contributed by atoms with Gasteiger partial charge in [-0.3, -0.25) is 4.79 Å². The number of halogens is 1. The maximum absolute atomic E-state index is 12.9. The van der Waals surface area contributed by atoms with Gasteiger partial charge < -0.3 is 20.4 Å². The number of hydrogen-bond acceptors (Lipinski definition) is 4. The molecule has 0 radical (unpaired) electrons. The molecular weight excluding hydrogens is 388 g/mol. The summed E-state index contributed by atoms with van der Waals surface area (Å²) < 4.78 is 6.19. The molecule has 0 saturated carbocycles. The zero-order chi connectivity index (χ0) is 20.0. The van der Waals surface area contributed by atoms with Crippen LogP contribution in [-0.2, 0) is 11.2 Å². The van der Waals surface area contributed by atoms with Crippen molar-refractivity contribution in [3.8, 4) is 16.9 Å². The smallest absolute Gasteiger partial charge is 0.261 e. The van der Waals surface area contributed by atoms with Gasteiger partial charge in [-0.15, -0.1) is 0 Å². The average molecular weight is 411 g/mol. The molecule has 1 aromatic carbocycles. The van der Waals surface area contributed by atoms with E-state index < -0.39 is 6.10 Å². The van der Waals surface area contributed by atoms with Crippen LogP contribution in [0.5, 0.6) is 5.75 Å². The van der Waals surface area contributed by atoms with Gasteiger partial charge in [0.2, 0.25) is 0 Å². The average Bonchev–Trinajstić information content (AvgIpc) is 3.34. The van der Waals surface area contributed by atoms with Crippen molar-refractivity contribution < 1.29 is 9.53 Å². The topological polar surface area (TPSA) is 79.0 Å². The highest BCUT2D eigenvalue weighted by Gasteiger charge is 2.33. The normalized spacial score (nSPS) is 23.6. The molecule has 1 saturated heterocycles. The lowest BCUT2D eigenvalue weighted by Crippen LogP contribution is -2.49. The second kappa shape index (κ2) is 7.35. The number of aromatic nitrogens is 2. The largest absolute Gasteiger partial charge is 0.479 e. The molecule has 7 heteroatoms. The molecule has 4 heterocycles. The molecule has 0 spiro atoms. The van der Waals surface area contributed by atoms with E-state index in [0.29, 0.717) is 17.5 Å². The molecule has 2 aromatic heterocycles. The van der Waals surface area contributed by atoms with Gasteiger partial charge >= 0.3 is 0 Å². The highest BCUT2D eigenvalue weighted by molar-refractivity contribution is 6.31. The van der Waals surface area contributed by atoms with Crippen molar-refractivity contribution in [1.29, 1.82) is 0 Å². The fourth-order valence-electron chi connectivity index (χ4n) is 4.42. The molecule has 0 bridgehead atoms. The lowest BCUT2D eigenvalue weighted by molar-refractivity contribution is -0.128. The molecule has 0 unspecified atom stereocenters. The Morgan fingerprint density at radius 1 is 1.31 bits per heavy atom. The first-order valence-corrected chi connectivity index (χ1v) is 10.4. The lowest BCUT2D eigenvalue weighted by atomic mass is 9.98. The van der Waals surface area contributed by atoms with Crippen molar-refractivity contribution in [1.82, 2.24) is 20.6 Å². The van der Waals surface area contributed by atoms with Crippen LogP contribution in [0.15, 0.2) is 36.7 Å². The van der Waals surface area contributed by atoms with Gasteiger partial charge in [-0.25, -0.2) is 4.98 Å². The van der Waals surface area contributed by atoms with Crippen molar-refractivity contribution >= 4 is 28.5 Å². The Bertz CT molecular complexity index is 1080. The molecule has 2 aliphatic heterocycles. The van der Waals surface area contributed by atoms with Crippen molar-refractivity contribution in [2.75, 3.05) is 6.54 Å². The van der Waals surface area contributed by atoms with Crippen LogP contribution in [0.3, 0.4) is 0 Å². The van der Waals surface area contributed by atoms with Crippen LogP contribution in [0, 0.1) is 0 Å². The second-order valence-corrected chi connectivity index (χ2v) is 8.37. The van der Waals surface area contributed by atoms with Gasteiger partial charge in [0.15, 0.2) is 6.10 Å². The number of rotatable bonds is 3. The SMILES string of the molecule is C[C@@H]1C[C@H](NC(=O)[C@@H]2Cc3cc(Cl)cc(-c4ccnc5[nH]ccc45)c3O2)CCN1. The first-order chi connectivity index (χ1) is 14.1. The Labute approximate surface area is 174 Å². The molecule has 1 amide bonds. The number of nitrogens with one attached hydrogen (secondary N) is 3. The predicted octanol–water partition coefficient (Wildman–Crippen LogP) is 3.44. The number of hydrogen-bond donors (Lipinski definition) is 3. The summed E-state index contributed by atoms with van der Waals surface area (Å²) in [5.41, 5.74) is 3.66. The molecular formula is C22H23ClN4O2. The summed E-state index contributed by atoms with van der Waals surface area (Å²) in [6.07, 6.45) is 5.50. The fourth-order valence-corrected chi connectivity index (χ4v) is 4.66. The van der Waals surface area contributed by atoms with Crippen LogP contribution in [0.1, 0.15) is 25.3 Å². The minimum absolute atomic E-state index is 0.0520. The first kappa shape index (κ1) is 18.5. The van der Waals surface area contributed by atoms with Crippen LogP contribution < -0.4 is 15.4 Å². The predicted molar refractivity (Wildman–Crippen MR) is 113 cm³/mol. The van der Waals surface area contributed by atoms with Crippen molar-refractivity contribution in [3.05, 3.63) is 47.2 Å².